The molecular weight excluding hydrogens is 318 g/mol. The summed E-state index contributed by atoms with van der Waals surface area (Å²) in [4.78, 5) is 23.3. The van der Waals surface area contributed by atoms with Crippen LogP contribution in [0, 0.1) is 0 Å². The van der Waals surface area contributed by atoms with Crippen LogP contribution in [0.25, 0.3) is 11.1 Å². The molecule has 0 saturated heterocycles. The van der Waals surface area contributed by atoms with Gasteiger partial charge >= 0.3 is 12.1 Å². The van der Waals surface area contributed by atoms with E-state index in [0.717, 1.165) is 16.7 Å². The highest BCUT2D eigenvalue weighted by Crippen LogP contribution is 2.20. The largest absolute Gasteiger partial charge is 0.480 e. The number of hydrogen-bond acceptors (Lipinski definition) is 3. The number of carboxylic acid groups (broad SMARTS) is 1. The van der Waals surface area contributed by atoms with Crippen molar-refractivity contribution >= 4 is 12.1 Å². The van der Waals surface area contributed by atoms with Gasteiger partial charge in [0.05, 0.1) is 0 Å². The van der Waals surface area contributed by atoms with Gasteiger partial charge in [0.25, 0.3) is 0 Å². The molecule has 2 aromatic carbocycles. The van der Waals surface area contributed by atoms with Crippen molar-refractivity contribution in [3.8, 4) is 11.1 Å². The van der Waals surface area contributed by atoms with Gasteiger partial charge in [-0.05, 0) is 37.5 Å². The summed E-state index contributed by atoms with van der Waals surface area (Å²) in [6, 6.07) is 16.4. The maximum Gasteiger partial charge on any atom is 0.408 e. The molecule has 2 N–H and O–H groups in total. The molecule has 2 rings (SSSR count). The molecule has 25 heavy (non-hydrogen) atoms. The fraction of sp³-hybridized carbons (Fsp3) is 0.300. The van der Waals surface area contributed by atoms with Crippen LogP contribution < -0.4 is 5.32 Å². The maximum absolute atomic E-state index is 11.9. The Morgan fingerprint density at radius 3 is 2.28 bits per heavy atom. The van der Waals surface area contributed by atoms with E-state index in [0.29, 0.717) is 0 Å². The minimum atomic E-state index is -1.10. The van der Waals surface area contributed by atoms with Gasteiger partial charge in [-0.25, -0.2) is 9.59 Å². The zero-order chi connectivity index (χ0) is 18.4. The van der Waals surface area contributed by atoms with Crippen LogP contribution in [0.2, 0.25) is 0 Å². The van der Waals surface area contributed by atoms with Crippen LogP contribution in [-0.2, 0) is 16.0 Å². The van der Waals surface area contributed by atoms with Crippen molar-refractivity contribution in [3.05, 3.63) is 60.2 Å². The third-order valence-corrected chi connectivity index (χ3v) is 3.46. The first kappa shape index (κ1) is 18.5. The lowest BCUT2D eigenvalue weighted by Crippen LogP contribution is -2.44. The minimum absolute atomic E-state index is 0.176. The van der Waals surface area contributed by atoms with Crippen LogP contribution in [0.1, 0.15) is 26.3 Å². The quantitative estimate of drug-likeness (QED) is 0.865. The lowest BCUT2D eigenvalue weighted by Gasteiger charge is -2.22. The number of carboxylic acids is 1. The van der Waals surface area contributed by atoms with Crippen molar-refractivity contribution in [2.75, 3.05) is 0 Å². The van der Waals surface area contributed by atoms with Crippen LogP contribution in [0.3, 0.4) is 0 Å². The van der Waals surface area contributed by atoms with Gasteiger partial charge in [0.1, 0.15) is 11.6 Å². The summed E-state index contributed by atoms with van der Waals surface area (Å²) in [5, 5.41) is 11.8. The maximum atomic E-state index is 11.9. The topological polar surface area (TPSA) is 75.6 Å². The molecule has 5 heteroatoms. The van der Waals surface area contributed by atoms with E-state index in [2.05, 4.69) is 5.32 Å². The number of rotatable bonds is 5. The van der Waals surface area contributed by atoms with E-state index in [4.69, 9.17) is 4.74 Å². The Morgan fingerprint density at radius 2 is 1.68 bits per heavy atom. The molecule has 0 bridgehead atoms. The number of ether oxygens (including phenoxy) is 1. The van der Waals surface area contributed by atoms with Crippen molar-refractivity contribution < 1.29 is 19.4 Å². The van der Waals surface area contributed by atoms with Gasteiger partial charge < -0.3 is 15.2 Å². The first-order valence-electron chi connectivity index (χ1n) is 8.11. The van der Waals surface area contributed by atoms with Crippen molar-refractivity contribution in [1.82, 2.24) is 5.32 Å². The molecule has 0 aliphatic heterocycles. The highest BCUT2D eigenvalue weighted by atomic mass is 16.6. The highest BCUT2D eigenvalue weighted by molar-refractivity contribution is 5.80. The number of nitrogens with one attached hydrogen (secondary N) is 1. The van der Waals surface area contributed by atoms with Gasteiger partial charge in [-0.1, -0.05) is 54.6 Å². The molecule has 5 nitrogen and oxygen atoms in total. The molecule has 1 atom stereocenters. The summed E-state index contributed by atoms with van der Waals surface area (Å²) >= 11 is 0. The summed E-state index contributed by atoms with van der Waals surface area (Å²) < 4.78 is 5.14. The van der Waals surface area contributed by atoms with Crippen LogP contribution >= 0.6 is 0 Å². The van der Waals surface area contributed by atoms with Crippen molar-refractivity contribution in [1.29, 1.82) is 0 Å². The van der Waals surface area contributed by atoms with Gasteiger partial charge in [0, 0.05) is 6.42 Å². The molecule has 0 spiro atoms. The van der Waals surface area contributed by atoms with Crippen molar-refractivity contribution in [2.45, 2.75) is 38.8 Å². The fourth-order valence-electron chi connectivity index (χ4n) is 2.39. The first-order chi connectivity index (χ1) is 11.7. The average Bonchev–Trinajstić information content (AvgIpc) is 2.53. The summed E-state index contributed by atoms with van der Waals surface area (Å²) in [6.07, 6.45) is -0.561. The Balaban J connectivity index is 2.12. The molecule has 0 heterocycles. The Labute approximate surface area is 147 Å². The number of amides is 1. The number of hydrogen-bond donors (Lipinski definition) is 2. The van der Waals surface area contributed by atoms with Crippen LogP contribution in [0.5, 0.6) is 0 Å². The third kappa shape index (κ3) is 5.95. The summed E-state index contributed by atoms with van der Waals surface area (Å²) in [7, 11) is 0. The Morgan fingerprint density at radius 1 is 1.04 bits per heavy atom. The van der Waals surface area contributed by atoms with E-state index in [1.165, 1.54) is 0 Å². The zero-order valence-electron chi connectivity index (χ0n) is 14.7. The van der Waals surface area contributed by atoms with E-state index in [1.54, 1.807) is 20.8 Å². The molecule has 0 aliphatic rings. The van der Waals surface area contributed by atoms with Crippen molar-refractivity contribution in [2.24, 2.45) is 0 Å². The minimum Gasteiger partial charge on any atom is -0.480 e. The summed E-state index contributed by atoms with van der Waals surface area (Å²) in [5.41, 5.74) is 2.20. The fourth-order valence-corrected chi connectivity index (χ4v) is 2.39. The monoisotopic (exact) mass is 341 g/mol. The molecule has 132 valence electrons. The molecule has 0 aromatic heterocycles. The second-order valence-electron chi connectivity index (χ2n) is 6.81. The third-order valence-electron chi connectivity index (χ3n) is 3.46. The first-order valence-corrected chi connectivity index (χ1v) is 8.11. The van der Waals surface area contributed by atoms with Crippen LogP contribution in [0.4, 0.5) is 4.79 Å². The Hall–Kier alpha value is -2.82. The normalized spacial score (nSPS) is 12.3. The second kappa shape index (κ2) is 7.83. The predicted octanol–water partition coefficient (Wildman–Crippen LogP) is 3.87. The van der Waals surface area contributed by atoms with Gasteiger partial charge in [0.2, 0.25) is 0 Å². The van der Waals surface area contributed by atoms with Gasteiger partial charge in [-0.2, -0.15) is 0 Å². The van der Waals surface area contributed by atoms with E-state index in [-0.39, 0.29) is 6.42 Å². The Kier molecular flexibility index (Phi) is 5.80. The van der Waals surface area contributed by atoms with E-state index in [1.807, 2.05) is 54.6 Å². The molecule has 0 aliphatic carbocycles. The standard InChI is InChI=1S/C20H23NO4/c1-20(2,3)25-19(24)21-17(18(22)23)13-14-8-7-11-16(12-14)15-9-5-4-6-10-15/h4-12,17H,13H2,1-3H3,(H,21,24)(H,22,23)/t17-/m0/s1. The summed E-state index contributed by atoms with van der Waals surface area (Å²) in [5.74, 6) is -1.10. The second-order valence-corrected chi connectivity index (χ2v) is 6.81. The number of carbonyl (C=O) groups is 2. The number of benzene rings is 2. The highest BCUT2D eigenvalue weighted by Gasteiger charge is 2.24. The molecular formula is C20H23NO4. The smallest absolute Gasteiger partial charge is 0.408 e. The van der Waals surface area contributed by atoms with E-state index in [9.17, 15) is 14.7 Å². The summed E-state index contributed by atoms with van der Waals surface area (Å²) in [6.45, 7) is 5.18. The number of alkyl carbamates (subject to hydrolysis) is 1. The molecule has 1 amide bonds. The number of carbonyl (C=O) groups excluding carboxylic acids is 1. The molecule has 0 fully saturated rings. The van der Waals surface area contributed by atoms with Crippen LogP contribution in [0.15, 0.2) is 54.6 Å². The average molecular weight is 341 g/mol. The predicted molar refractivity (Wildman–Crippen MR) is 96.4 cm³/mol. The zero-order valence-corrected chi connectivity index (χ0v) is 14.7. The lowest BCUT2D eigenvalue weighted by molar-refractivity contribution is -0.139. The van der Waals surface area contributed by atoms with E-state index >= 15 is 0 Å². The van der Waals surface area contributed by atoms with E-state index < -0.39 is 23.7 Å². The number of aliphatic carboxylic acids is 1. The Bertz CT molecular complexity index is 735. The van der Waals surface area contributed by atoms with Crippen molar-refractivity contribution in [3.63, 3.8) is 0 Å². The molecule has 0 radical (unpaired) electrons. The molecule has 0 saturated carbocycles. The van der Waals surface area contributed by atoms with Gasteiger partial charge in [0.15, 0.2) is 0 Å². The van der Waals surface area contributed by atoms with Gasteiger partial charge in [-0.3, -0.25) is 0 Å². The molecule has 0 unspecified atom stereocenters. The lowest BCUT2D eigenvalue weighted by atomic mass is 9.99. The van der Waals surface area contributed by atoms with Crippen LogP contribution in [-0.4, -0.2) is 28.8 Å². The molecule has 2 aromatic rings. The van der Waals surface area contributed by atoms with Gasteiger partial charge in [-0.15, -0.1) is 0 Å². The SMILES string of the molecule is CC(C)(C)OC(=O)N[C@@H](Cc1cccc(-c2ccccc2)c1)C(=O)O.